The van der Waals surface area contributed by atoms with Gasteiger partial charge in [0.2, 0.25) is 0 Å². The van der Waals surface area contributed by atoms with Crippen LogP contribution in [0.5, 0.6) is 0 Å². The summed E-state index contributed by atoms with van der Waals surface area (Å²) in [6.07, 6.45) is 3.56. The molecule has 1 atom stereocenters. The molecule has 0 amide bonds. The van der Waals surface area contributed by atoms with Crippen LogP contribution in [0.3, 0.4) is 0 Å². The minimum absolute atomic E-state index is 0.250. The molecule has 1 fully saturated rings. The molecule has 3 rings (SSSR count). The van der Waals surface area contributed by atoms with E-state index in [4.69, 9.17) is 9.90 Å². The molecular formula is C18H26N4O2. The number of nitrogens with zero attached hydrogens (tertiary/aromatic N) is 4. The van der Waals surface area contributed by atoms with Crippen molar-refractivity contribution in [1.82, 2.24) is 19.7 Å². The first-order chi connectivity index (χ1) is 11.6. The number of likely N-dealkylation sites (tertiary alicyclic amines) is 1. The van der Waals surface area contributed by atoms with Gasteiger partial charge < -0.3 is 5.11 Å². The van der Waals surface area contributed by atoms with Gasteiger partial charge in [0.1, 0.15) is 5.82 Å². The standard InChI is InChI=1S/C17H24N4.CH2O2/c1-4-16-18-17(19-20(16)3)15-9-7-8-14(12-15)13(2)21-10-5-6-11-21;2-1-3/h7-9,12-13H,4-6,10-11H2,1-3H3;1H,(H,2,3). The van der Waals surface area contributed by atoms with Crippen LogP contribution in [0.2, 0.25) is 0 Å². The van der Waals surface area contributed by atoms with E-state index in [9.17, 15) is 0 Å². The normalized spacial score (nSPS) is 15.6. The second kappa shape index (κ2) is 8.59. The number of aryl methyl sites for hydroxylation is 2. The maximum atomic E-state index is 8.36. The summed E-state index contributed by atoms with van der Waals surface area (Å²) in [5, 5.41) is 11.4. The van der Waals surface area contributed by atoms with E-state index in [0.29, 0.717) is 6.04 Å². The fourth-order valence-electron chi connectivity index (χ4n) is 3.12. The summed E-state index contributed by atoms with van der Waals surface area (Å²) >= 11 is 0. The van der Waals surface area contributed by atoms with Gasteiger partial charge in [0.15, 0.2) is 5.82 Å². The topological polar surface area (TPSA) is 71.2 Å². The lowest BCUT2D eigenvalue weighted by Gasteiger charge is -2.24. The molecular weight excluding hydrogens is 304 g/mol. The van der Waals surface area contributed by atoms with Crippen molar-refractivity contribution in [3.05, 3.63) is 35.7 Å². The maximum absolute atomic E-state index is 8.36. The molecule has 1 aromatic heterocycles. The van der Waals surface area contributed by atoms with Crippen molar-refractivity contribution in [2.24, 2.45) is 7.05 Å². The molecule has 1 N–H and O–H groups in total. The summed E-state index contributed by atoms with van der Waals surface area (Å²) in [5.41, 5.74) is 2.48. The zero-order valence-electron chi connectivity index (χ0n) is 14.6. The fourth-order valence-corrected chi connectivity index (χ4v) is 3.12. The second-order valence-electron chi connectivity index (χ2n) is 5.98. The van der Waals surface area contributed by atoms with Gasteiger partial charge in [0.05, 0.1) is 0 Å². The maximum Gasteiger partial charge on any atom is 0.290 e. The molecule has 130 valence electrons. The molecule has 0 spiro atoms. The Balaban J connectivity index is 0.000000647. The van der Waals surface area contributed by atoms with Crippen molar-refractivity contribution >= 4 is 6.47 Å². The largest absolute Gasteiger partial charge is 0.483 e. The van der Waals surface area contributed by atoms with Crippen LogP contribution >= 0.6 is 0 Å². The molecule has 24 heavy (non-hydrogen) atoms. The predicted octanol–water partition coefficient (Wildman–Crippen LogP) is 2.90. The summed E-state index contributed by atoms with van der Waals surface area (Å²) in [6, 6.07) is 9.17. The van der Waals surface area contributed by atoms with Crippen LogP contribution in [-0.4, -0.2) is 44.3 Å². The van der Waals surface area contributed by atoms with Crippen LogP contribution < -0.4 is 0 Å². The summed E-state index contributed by atoms with van der Waals surface area (Å²) in [5.74, 6) is 1.87. The van der Waals surface area contributed by atoms with Gasteiger partial charge in [-0.25, -0.2) is 4.98 Å². The number of carbonyl (C=O) groups is 1. The Morgan fingerprint density at radius 3 is 2.58 bits per heavy atom. The Bertz CT molecular complexity index is 663. The van der Waals surface area contributed by atoms with Crippen LogP contribution in [0.25, 0.3) is 11.4 Å². The van der Waals surface area contributed by atoms with Crippen LogP contribution in [0.1, 0.15) is 44.1 Å². The van der Waals surface area contributed by atoms with Crippen molar-refractivity contribution in [2.45, 2.75) is 39.2 Å². The number of hydrogen-bond acceptors (Lipinski definition) is 4. The average molecular weight is 330 g/mol. The van der Waals surface area contributed by atoms with E-state index >= 15 is 0 Å². The van der Waals surface area contributed by atoms with Crippen LogP contribution in [0.4, 0.5) is 0 Å². The first-order valence-corrected chi connectivity index (χ1v) is 8.42. The molecule has 2 heterocycles. The molecule has 0 aliphatic carbocycles. The average Bonchev–Trinajstić information content (AvgIpc) is 3.24. The molecule has 6 nitrogen and oxygen atoms in total. The van der Waals surface area contributed by atoms with Gasteiger partial charge in [0.25, 0.3) is 6.47 Å². The summed E-state index contributed by atoms with van der Waals surface area (Å²) in [6.45, 7) is 6.59. The third kappa shape index (κ3) is 4.20. The van der Waals surface area contributed by atoms with Crippen LogP contribution in [0, 0.1) is 0 Å². The molecule has 0 saturated carbocycles. The van der Waals surface area contributed by atoms with E-state index in [0.717, 1.165) is 23.6 Å². The van der Waals surface area contributed by atoms with Gasteiger partial charge in [-0.05, 0) is 44.5 Å². The number of benzene rings is 1. The molecule has 1 aliphatic rings. The Morgan fingerprint density at radius 1 is 1.33 bits per heavy atom. The second-order valence-corrected chi connectivity index (χ2v) is 5.98. The van der Waals surface area contributed by atoms with Crippen molar-refractivity contribution < 1.29 is 9.90 Å². The number of rotatable bonds is 4. The highest BCUT2D eigenvalue weighted by molar-refractivity contribution is 5.56. The smallest absolute Gasteiger partial charge is 0.290 e. The monoisotopic (exact) mass is 330 g/mol. The fraction of sp³-hybridized carbons (Fsp3) is 0.500. The Kier molecular flexibility index (Phi) is 6.49. The first kappa shape index (κ1) is 18.1. The zero-order valence-corrected chi connectivity index (χ0v) is 14.6. The molecule has 0 bridgehead atoms. The van der Waals surface area contributed by atoms with E-state index in [-0.39, 0.29) is 6.47 Å². The van der Waals surface area contributed by atoms with Gasteiger partial charge in [0, 0.05) is 25.1 Å². The number of aromatic nitrogens is 3. The predicted molar refractivity (Wildman–Crippen MR) is 93.7 cm³/mol. The highest BCUT2D eigenvalue weighted by Crippen LogP contribution is 2.27. The van der Waals surface area contributed by atoms with Crippen LogP contribution in [0.15, 0.2) is 24.3 Å². The van der Waals surface area contributed by atoms with Gasteiger partial charge in [-0.1, -0.05) is 25.1 Å². The van der Waals surface area contributed by atoms with Crippen LogP contribution in [-0.2, 0) is 18.3 Å². The minimum Gasteiger partial charge on any atom is -0.483 e. The van der Waals surface area contributed by atoms with E-state index in [1.54, 1.807) is 0 Å². The van der Waals surface area contributed by atoms with Crippen molar-refractivity contribution in [3.8, 4) is 11.4 Å². The van der Waals surface area contributed by atoms with E-state index in [2.05, 4.69) is 53.1 Å². The third-order valence-electron chi connectivity index (χ3n) is 4.49. The number of hydrogen-bond donors (Lipinski definition) is 1. The summed E-state index contributed by atoms with van der Waals surface area (Å²) in [4.78, 5) is 15.6. The van der Waals surface area contributed by atoms with Crippen molar-refractivity contribution in [3.63, 3.8) is 0 Å². The lowest BCUT2D eigenvalue weighted by Crippen LogP contribution is -2.23. The molecule has 1 aromatic carbocycles. The third-order valence-corrected chi connectivity index (χ3v) is 4.49. The minimum atomic E-state index is -0.250. The quantitative estimate of drug-likeness (QED) is 0.873. The Labute approximate surface area is 143 Å². The molecule has 2 aromatic rings. The lowest BCUT2D eigenvalue weighted by molar-refractivity contribution is -0.122. The summed E-state index contributed by atoms with van der Waals surface area (Å²) < 4.78 is 1.88. The zero-order chi connectivity index (χ0) is 17.5. The molecule has 6 heteroatoms. The van der Waals surface area contributed by atoms with E-state index in [1.807, 2.05) is 11.7 Å². The highest BCUT2D eigenvalue weighted by Gasteiger charge is 2.20. The van der Waals surface area contributed by atoms with Gasteiger partial charge in [-0.2, -0.15) is 5.10 Å². The van der Waals surface area contributed by atoms with E-state index < -0.39 is 0 Å². The van der Waals surface area contributed by atoms with Gasteiger partial charge >= 0.3 is 0 Å². The Morgan fingerprint density at radius 2 is 2.00 bits per heavy atom. The first-order valence-electron chi connectivity index (χ1n) is 8.42. The van der Waals surface area contributed by atoms with Crippen molar-refractivity contribution in [2.75, 3.05) is 13.1 Å². The lowest BCUT2D eigenvalue weighted by atomic mass is 10.0. The van der Waals surface area contributed by atoms with Gasteiger partial charge in [-0.15, -0.1) is 0 Å². The van der Waals surface area contributed by atoms with E-state index in [1.165, 1.54) is 31.5 Å². The highest BCUT2D eigenvalue weighted by atomic mass is 16.3. The molecule has 1 saturated heterocycles. The van der Waals surface area contributed by atoms with Gasteiger partial charge in [-0.3, -0.25) is 14.4 Å². The Hall–Kier alpha value is -2.21. The summed E-state index contributed by atoms with van der Waals surface area (Å²) in [7, 11) is 1.96. The molecule has 1 unspecified atom stereocenters. The number of carboxylic acid groups (broad SMARTS) is 1. The van der Waals surface area contributed by atoms with Crippen molar-refractivity contribution in [1.29, 1.82) is 0 Å². The molecule has 1 aliphatic heterocycles. The SMILES string of the molecule is CCc1nc(-c2cccc(C(C)N3CCCC3)c2)nn1C.O=CO. The molecule has 0 radical (unpaired) electrons.